The standard InChI is InChI=1S/C17H23N5O2/c1-5-13(12-9-7-6-8-10-12)15(23)18-11-14-19-16(22(2)3)21-17(20-14)24-4/h6-10,13H,5,11H2,1-4H3,(H,18,23). The lowest BCUT2D eigenvalue weighted by molar-refractivity contribution is -0.122. The average Bonchev–Trinajstić information content (AvgIpc) is 2.61. The fraction of sp³-hybridized carbons (Fsp3) is 0.412. The van der Waals surface area contributed by atoms with Crippen LogP contribution in [0.5, 0.6) is 6.01 Å². The Labute approximate surface area is 142 Å². The molecule has 0 spiro atoms. The first-order valence-corrected chi connectivity index (χ1v) is 7.84. The first-order valence-electron chi connectivity index (χ1n) is 7.84. The van der Waals surface area contributed by atoms with Crippen LogP contribution in [0.15, 0.2) is 30.3 Å². The van der Waals surface area contributed by atoms with Crippen LogP contribution >= 0.6 is 0 Å². The first kappa shape index (κ1) is 17.7. The lowest BCUT2D eigenvalue weighted by Crippen LogP contribution is -2.30. The summed E-state index contributed by atoms with van der Waals surface area (Å²) in [7, 11) is 5.17. The third-order valence-electron chi connectivity index (χ3n) is 3.58. The van der Waals surface area contributed by atoms with Crippen molar-refractivity contribution in [1.82, 2.24) is 20.3 Å². The molecule has 7 nitrogen and oxygen atoms in total. The number of hydrogen-bond acceptors (Lipinski definition) is 6. The van der Waals surface area contributed by atoms with Crippen molar-refractivity contribution in [3.63, 3.8) is 0 Å². The number of benzene rings is 1. The molecule has 1 heterocycles. The normalized spacial score (nSPS) is 11.7. The molecule has 128 valence electrons. The molecule has 0 aliphatic heterocycles. The predicted molar refractivity (Wildman–Crippen MR) is 92.0 cm³/mol. The van der Waals surface area contributed by atoms with Crippen molar-refractivity contribution in [1.29, 1.82) is 0 Å². The van der Waals surface area contributed by atoms with Crippen LogP contribution in [0.2, 0.25) is 0 Å². The van der Waals surface area contributed by atoms with Gasteiger partial charge in [-0.05, 0) is 12.0 Å². The average molecular weight is 329 g/mol. The van der Waals surface area contributed by atoms with Gasteiger partial charge < -0.3 is 15.0 Å². The van der Waals surface area contributed by atoms with E-state index in [9.17, 15) is 4.79 Å². The minimum Gasteiger partial charge on any atom is -0.467 e. The molecule has 0 aliphatic rings. The number of carbonyl (C=O) groups excluding carboxylic acids is 1. The van der Waals surface area contributed by atoms with Crippen molar-refractivity contribution >= 4 is 11.9 Å². The Balaban J connectivity index is 2.09. The van der Waals surface area contributed by atoms with Gasteiger partial charge in [0.05, 0.1) is 19.6 Å². The molecule has 0 aliphatic carbocycles. The molecule has 1 atom stereocenters. The summed E-state index contributed by atoms with van der Waals surface area (Å²) in [5, 5.41) is 2.90. The molecular formula is C17H23N5O2. The lowest BCUT2D eigenvalue weighted by Gasteiger charge is -2.16. The Morgan fingerprint density at radius 3 is 2.50 bits per heavy atom. The molecule has 0 bridgehead atoms. The summed E-state index contributed by atoms with van der Waals surface area (Å²) in [6, 6.07) is 9.96. The van der Waals surface area contributed by atoms with Crippen molar-refractivity contribution in [2.45, 2.75) is 25.8 Å². The van der Waals surface area contributed by atoms with Gasteiger partial charge in [-0.25, -0.2) is 0 Å². The molecule has 0 saturated carbocycles. The summed E-state index contributed by atoms with van der Waals surface area (Å²) in [6.07, 6.45) is 0.722. The second-order valence-corrected chi connectivity index (χ2v) is 5.52. The molecule has 0 fully saturated rings. The third kappa shape index (κ3) is 4.41. The second kappa shape index (κ2) is 8.24. The number of nitrogens with one attached hydrogen (secondary N) is 1. The summed E-state index contributed by atoms with van der Waals surface area (Å²) < 4.78 is 5.09. The number of anilines is 1. The van der Waals surface area contributed by atoms with Gasteiger partial charge in [0.2, 0.25) is 11.9 Å². The highest BCUT2D eigenvalue weighted by Crippen LogP contribution is 2.19. The van der Waals surface area contributed by atoms with Crippen molar-refractivity contribution in [3.8, 4) is 6.01 Å². The molecule has 2 rings (SSSR count). The molecule has 1 aromatic carbocycles. The smallest absolute Gasteiger partial charge is 0.321 e. The van der Waals surface area contributed by atoms with Gasteiger partial charge in [-0.15, -0.1) is 0 Å². The highest BCUT2D eigenvalue weighted by Gasteiger charge is 2.18. The van der Waals surface area contributed by atoms with Crippen molar-refractivity contribution < 1.29 is 9.53 Å². The van der Waals surface area contributed by atoms with Crippen molar-refractivity contribution in [2.75, 3.05) is 26.1 Å². The van der Waals surface area contributed by atoms with E-state index in [0.29, 0.717) is 11.8 Å². The summed E-state index contributed by atoms with van der Waals surface area (Å²) in [4.78, 5) is 26.9. The largest absolute Gasteiger partial charge is 0.467 e. The molecule has 1 N–H and O–H groups in total. The van der Waals surface area contributed by atoms with Gasteiger partial charge in [0.1, 0.15) is 0 Å². The Morgan fingerprint density at radius 1 is 1.21 bits per heavy atom. The molecule has 1 unspecified atom stereocenters. The molecule has 2 aromatic rings. The topological polar surface area (TPSA) is 80.2 Å². The first-order chi connectivity index (χ1) is 11.5. The van der Waals surface area contributed by atoms with Gasteiger partial charge in [-0.3, -0.25) is 4.79 Å². The highest BCUT2D eigenvalue weighted by molar-refractivity contribution is 5.83. The maximum atomic E-state index is 12.5. The van der Waals surface area contributed by atoms with Gasteiger partial charge >= 0.3 is 6.01 Å². The van der Waals surface area contributed by atoms with Crippen LogP contribution < -0.4 is 15.0 Å². The number of ether oxygens (including phenoxy) is 1. The molecule has 1 aromatic heterocycles. The van der Waals surface area contributed by atoms with E-state index in [0.717, 1.165) is 12.0 Å². The number of methoxy groups -OCH3 is 1. The van der Waals surface area contributed by atoms with E-state index in [1.807, 2.05) is 51.4 Å². The number of nitrogens with zero attached hydrogens (tertiary/aromatic N) is 4. The Bertz CT molecular complexity index is 676. The van der Waals surface area contributed by atoms with Gasteiger partial charge in [-0.2, -0.15) is 15.0 Å². The SMILES string of the molecule is CCC(C(=O)NCc1nc(OC)nc(N(C)C)n1)c1ccccc1. The Morgan fingerprint density at radius 2 is 1.92 bits per heavy atom. The Kier molecular flexibility index (Phi) is 6.06. The summed E-state index contributed by atoms with van der Waals surface area (Å²) in [5.41, 5.74) is 1.000. The molecule has 1 amide bonds. The minimum atomic E-state index is -0.191. The monoisotopic (exact) mass is 329 g/mol. The number of hydrogen-bond donors (Lipinski definition) is 1. The minimum absolute atomic E-state index is 0.0468. The zero-order valence-electron chi connectivity index (χ0n) is 14.5. The molecule has 7 heteroatoms. The summed E-state index contributed by atoms with van der Waals surface area (Å²) in [6.45, 7) is 2.22. The molecular weight excluding hydrogens is 306 g/mol. The van der Waals surface area contributed by atoms with Crippen LogP contribution in [-0.2, 0) is 11.3 Å². The summed E-state index contributed by atoms with van der Waals surface area (Å²) in [5.74, 6) is 0.709. The number of carbonyl (C=O) groups is 1. The van der Waals surface area contributed by atoms with E-state index in [1.165, 1.54) is 7.11 Å². The van der Waals surface area contributed by atoms with E-state index >= 15 is 0 Å². The van der Waals surface area contributed by atoms with Gasteiger partial charge in [0, 0.05) is 14.1 Å². The fourth-order valence-electron chi connectivity index (χ4n) is 2.30. The van der Waals surface area contributed by atoms with E-state index in [2.05, 4.69) is 20.3 Å². The fourth-order valence-corrected chi connectivity index (χ4v) is 2.30. The van der Waals surface area contributed by atoms with Gasteiger partial charge in [-0.1, -0.05) is 37.3 Å². The molecule has 0 saturated heterocycles. The summed E-state index contributed by atoms with van der Waals surface area (Å²) >= 11 is 0. The number of aromatic nitrogens is 3. The van der Waals surface area contributed by atoms with Gasteiger partial charge in [0.15, 0.2) is 5.82 Å². The Hall–Kier alpha value is -2.70. The van der Waals surface area contributed by atoms with Crippen LogP contribution in [0.25, 0.3) is 0 Å². The van der Waals surface area contributed by atoms with E-state index in [1.54, 1.807) is 4.90 Å². The second-order valence-electron chi connectivity index (χ2n) is 5.52. The maximum absolute atomic E-state index is 12.5. The number of amides is 1. The molecule has 0 radical (unpaired) electrons. The zero-order valence-corrected chi connectivity index (χ0v) is 14.5. The third-order valence-corrected chi connectivity index (χ3v) is 3.58. The highest BCUT2D eigenvalue weighted by atomic mass is 16.5. The lowest BCUT2D eigenvalue weighted by atomic mass is 9.96. The van der Waals surface area contributed by atoms with Crippen LogP contribution in [0.4, 0.5) is 5.95 Å². The van der Waals surface area contributed by atoms with E-state index < -0.39 is 0 Å². The quantitative estimate of drug-likeness (QED) is 0.834. The predicted octanol–water partition coefficient (Wildman–Crippen LogP) is 1.76. The zero-order chi connectivity index (χ0) is 17.5. The van der Waals surface area contributed by atoms with Crippen LogP contribution in [0.1, 0.15) is 30.7 Å². The van der Waals surface area contributed by atoms with E-state index in [-0.39, 0.29) is 24.4 Å². The molecule has 24 heavy (non-hydrogen) atoms. The van der Waals surface area contributed by atoms with Gasteiger partial charge in [0.25, 0.3) is 0 Å². The van der Waals surface area contributed by atoms with E-state index in [4.69, 9.17) is 4.74 Å². The van der Waals surface area contributed by atoms with Crippen molar-refractivity contribution in [3.05, 3.63) is 41.7 Å². The van der Waals surface area contributed by atoms with Crippen LogP contribution in [0, 0.1) is 0 Å². The maximum Gasteiger partial charge on any atom is 0.321 e. The number of rotatable bonds is 7. The van der Waals surface area contributed by atoms with Crippen LogP contribution in [-0.4, -0.2) is 42.1 Å². The van der Waals surface area contributed by atoms with Crippen LogP contribution in [0.3, 0.4) is 0 Å². The van der Waals surface area contributed by atoms with Crippen molar-refractivity contribution in [2.24, 2.45) is 0 Å².